The van der Waals surface area contributed by atoms with E-state index < -0.39 is 0 Å². The highest BCUT2D eigenvalue weighted by Gasteiger charge is 2.04. The topological polar surface area (TPSA) is 52.0 Å². The lowest BCUT2D eigenvalue weighted by Crippen LogP contribution is -1.89. The third-order valence-corrected chi connectivity index (χ3v) is 2.02. The Morgan fingerprint density at radius 3 is 2.92 bits per heavy atom. The fourth-order valence-corrected chi connectivity index (χ4v) is 1.35. The number of nitrogen functional groups attached to an aromatic ring is 1. The van der Waals surface area contributed by atoms with Gasteiger partial charge in [-0.25, -0.2) is 4.98 Å². The van der Waals surface area contributed by atoms with Crippen molar-refractivity contribution in [1.29, 1.82) is 0 Å². The van der Waals surface area contributed by atoms with Crippen molar-refractivity contribution in [3.63, 3.8) is 0 Å². The Morgan fingerprint density at radius 2 is 2.31 bits per heavy atom. The van der Waals surface area contributed by atoms with Gasteiger partial charge in [0, 0.05) is 17.3 Å². The predicted molar refractivity (Wildman–Crippen MR) is 51.4 cm³/mol. The van der Waals surface area contributed by atoms with Gasteiger partial charge in [0.15, 0.2) is 0 Å². The van der Waals surface area contributed by atoms with Gasteiger partial charge in [0.2, 0.25) is 0 Å². The van der Waals surface area contributed by atoms with Crippen molar-refractivity contribution in [2.45, 2.75) is 0 Å². The van der Waals surface area contributed by atoms with Crippen LogP contribution >= 0.6 is 11.6 Å². The molecule has 0 spiro atoms. The monoisotopic (exact) mass is 194 g/mol. The van der Waals surface area contributed by atoms with Crippen molar-refractivity contribution in [2.24, 2.45) is 0 Å². The van der Waals surface area contributed by atoms with Crippen molar-refractivity contribution < 1.29 is 4.42 Å². The molecule has 2 heterocycles. The molecule has 2 rings (SSSR count). The summed E-state index contributed by atoms with van der Waals surface area (Å²) in [5, 5.41) is 0.578. The van der Waals surface area contributed by atoms with Gasteiger partial charge in [-0.2, -0.15) is 0 Å². The molecule has 0 saturated carbocycles. The molecule has 0 aliphatic heterocycles. The molecule has 2 aromatic heterocycles. The van der Waals surface area contributed by atoms with Crippen LogP contribution in [-0.2, 0) is 0 Å². The lowest BCUT2D eigenvalue weighted by molar-refractivity contribution is 0.568. The molecule has 0 aliphatic carbocycles. The van der Waals surface area contributed by atoms with Crippen LogP contribution in [-0.4, -0.2) is 4.98 Å². The highest BCUT2D eigenvalue weighted by atomic mass is 35.5. The van der Waals surface area contributed by atoms with E-state index in [4.69, 9.17) is 21.8 Å². The fraction of sp³-hybridized carbons (Fsp3) is 0. The molecule has 0 radical (unpaired) electrons. The van der Waals surface area contributed by atoms with Crippen LogP contribution in [0.5, 0.6) is 0 Å². The Kier molecular flexibility index (Phi) is 1.94. The Morgan fingerprint density at radius 1 is 1.46 bits per heavy atom. The second-order valence-electron chi connectivity index (χ2n) is 2.60. The summed E-state index contributed by atoms with van der Waals surface area (Å²) in [6.45, 7) is 0. The quantitative estimate of drug-likeness (QED) is 0.759. The molecule has 13 heavy (non-hydrogen) atoms. The molecule has 0 saturated heterocycles. The van der Waals surface area contributed by atoms with Crippen LogP contribution < -0.4 is 5.73 Å². The molecular weight excluding hydrogens is 188 g/mol. The van der Waals surface area contributed by atoms with E-state index in [1.807, 2.05) is 6.07 Å². The number of hydrogen-bond acceptors (Lipinski definition) is 3. The number of aromatic nitrogens is 1. The van der Waals surface area contributed by atoms with E-state index >= 15 is 0 Å². The van der Waals surface area contributed by atoms with Gasteiger partial charge in [-0.1, -0.05) is 11.6 Å². The molecule has 3 nitrogen and oxygen atoms in total. The summed E-state index contributed by atoms with van der Waals surface area (Å²) in [6.07, 6.45) is 4.82. The number of halogens is 1. The number of hydrogen-bond donors (Lipinski definition) is 1. The first kappa shape index (κ1) is 8.13. The first-order valence-electron chi connectivity index (χ1n) is 3.71. The van der Waals surface area contributed by atoms with E-state index in [9.17, 15) is 0 Å². The highest BCUT2D eigenvalue weighted by Crippen LogP contribution is 2.28. The maximum absolute atomic E-state index is 5.96. The van der Waals surface area contributed by atoms with Crippen LogP contribution in [0.4, 0.5) is 5.82 Å². The number of anilines is 1. The van der Waals surface area contributed by atoms with Gasteiger partial charge in [0.05, 0.1) is 17.5 Å². The normalized spacial score (nSPS) is 10.2. The Hall–Kier alpha value is -1.48. The molecule has 0 atom stereocenters. The number of pyridine rings is 1. The van der Waals surface area contributed by atoms with E-state index in [0.717, 1.165) is 11.1 Å². The lowest BCUT2D eigenvalue weighted by atomic mass is 10.1. The molecule has 66 valence electrons. The molecule has 0 amide bonds. The van der Waals surface area contributed by atoms with Gasteiger partial charge in [-0.15, -0.1) is 0 Å². The first-order chi connectivity index (χ1) is 6.27. The van der Waals surface area contributed by atoms with Crippen LogP contribution in [0.15, 0.2) is 35.3 Å². The van der Waals surface area contributed by atoms with Crippen molar-refractivity contribution in [1.82, 2.24) is 4.98 Å². The van der Waals surface area contributed by atoms with Gasteiger partial charge in [0.25, 0.3) is 0 Å². The highest BCUT2D eigenvalue weighted by molar-refractivity contribution is 6.33. The van der Waals surface area contributed by atoms with Crippen molar-refractivity contribution in [3.8, 4) is 11.1 Å². The third kappa shape index (κ3) is 1.51. The molecule has 0 aliphatic rings. The van der Waals surface area contributed by atoms with E-state index in [1.54, 1.807) is 24.8 Å². The van der Waals surface area contributed by atoms with Crippen LogP contribution in [0.25, 0.3) is 11.1 Å². The number of rotatable bonds is 1. The standard InChI is InChI=1S/C9H7ClN2O/c10-8-3-9(11)12-4-7(8)6-1-2-13-5-6/h1-5H,(H2,11,12). The van der Waals surface area contributed by atoms with Crippen molar-refractivity contribution >= 4 is 17.4 Å². The lowest BCUT2D eigenvalue weighted by Gasteiger charge is -2.00. The first-order valence-corrected chi connectivity index (χ1v) is 4.09. The summed E-state index contributed by atoms with van der Waals surface area (Å²) >= 11 is 5.96. The predicted octanol–water partition coefficient (Wildman–Crippen LogP) is 2.58. The Balaban J connectivity index is 2.53. The maximum atomic E-state index is 5.96. The Labute approximate surface area is 80.1 Å². The van der Waals surface area contributed by atoms with Gasteiger partial charge in [-0.05, 0) is 12.1 Å². The molecular formula is C9H7ClN2O. The second-order valence-corrected chi connectivity index (χ2v) is 3.01. The molecule has 0 aromatic carbocycles. The summed E-state index contributed by atoms with van der Waals surface area (Å²) in [5.74, 6) is 0.414. The van der Waals surface area contributed by atoms with Crippen LogP contribution in [0, 0.1) is 0 Å². The van der Waals surface area contributed by atoms with E-state index in [2.05, 4.69) is 4.98 Å². The molecule has 0 bridgehead atoms. The minimum atomic E-state index is 0.414. The summed E-state index contributed by atoms with van der Waals surface area (Å²) in [6, 6.07) is 3.43. The van der Waals surface area contributed by atoms with Crippen LogP contribution in [0.1, 0.15) is 0 Å². The van der Waals surface area contributed by atoms with Gasteiger partial charge in [0.1, 0.15) is 5.82 Å². The number of furan rings is 1. The zero-order valence-corrected chi connectivity index (χ0v) is 7.45. The summed E-state index contributed by atoms with van der Waals surface area (Å²) in [4.78, 5) is 3.95. The summed E-state index contributed by atoms with van der Waals surface area (Å²) in [5.41, 5.74) is 7.19. The minimum absolute atomic E-state index is 0.414. The zero-order chi connectivity index (χ0) is 9.26. The summed E-state index contributed by atoms with van der Waals surface area (Å²) < 4.78 is 4.94. The van der Waals surface area contributed by atoms with E-state index in [1.165, 1.54) is 0 Å². The smallest absolute Gasteiger partial charge is 0.124 e. The third-order valence-electron chi connectivity index (χ3n) is 1.71. The van der Waals surface area contributed by atoms with E-state index in [0.29, 0.717) is 10.8 Å². The average Bonchev–Trinajstić information content (AvgIpc) is 2.56. The average molecular weight is 195 g/mol. The van der Waals surface area contributed by atoms with E-state index in [-0.39, 0.29) is 0 Å². The molecule has 0 unspecified atom stereocenters. The summed E-state index contributed by atoms with van der Waals surface area (Å²) in [7, 11) is 0. The second kappa shape index (κ2) is 3.11. The molecule has 0 fully saturated rings. The van der Waals surface area contributed by atoms with Crippen molar-refractivity contribution in [2.75, 3.05) is 5.73 Å². The van der Waals surface area contributed by atoms with Gasteiger partial charge < -0.3 is 10.2 Å². The zero-order valence-electron chi connectivity index (χ0n) is 6.70. The van der Waals surface area contributed by atoms with Crippen molar-refractivity contribution in [3.05, 3.63) is 35.9 Å². The molecule has 4 heteroatoms. The SMILES string of the molecule is Nc1cc(Cl)c(-c2ccoc2)cn1. The number of nitrogens with two attached hydrogens (primary N) is 1. The number of nitrogens with zero attached hydrogens (tertiary/aromatic N) is 1. The minimum Gasteiger partial charge on any atom is -0.472 e. The molecule has 2 aromatic rings. The largest absolute Gasteiger partial charge is 0.472 e. The van der Waals surface area contributed by atoms with Gasteiger partial charge in [-0.3, -0.25) is 0 Å². The van der Waals surface area contributed by atoms with Gasteiger partial charge >= 0.3 is 0 Å². The fourth-order valence-electron chi connectivity index (χ4n) is 1.08. The molecule has 2 N–H and O–H groups in total. The van der Waals surface area contributed by atoms with Crippen LogP contribution in [0.3, 0.4) is 0 Å². The Bertz CT molecular complexity index is 412. The maximum Gasteiger partial charge on any atom is 0.124 e. The van der Waals surface area contributed by atoms with Crippen LogP contribution in [0.2, 0.25) is 5.02 Å².